The van der Waals surface area contributed by atoms with Gasteiger partial charge in [0, 0.05) is 19.2 Å². The van der Waals surface area contributed by atoms with Crippen LogP contribution in [0.1, 0.15) is 18.4 Å². The van der Waals surface area contributed by atoms with Crippen molar-refractivity contribution >= 4 is 15.7 Å². The molecule has 5 nitrogen and oxygen atoms in total. The molecule has 3 aromatic carbocycles. The third kappa shape index (κ3) is 4.92. The lowest BCUT2D eigenvalue weighted by Crippen LogP contribution is -2.50. The summed E-state index contributed by atoms with van der Waals surface area (Å²) in [6.45, 7) is 2.45. The van der Waals surface area contributed by atoms with Crippen molar-refractivity contribution in [3.8, 4) is 5.75 Å². The summed E-state index contributed by atoms with van der Waals surface area (Å²) in [4.78, 5) is 2.65. The normalized spacial score (nSPS) is 17.3. The van der Waals surface area contributed by atoms with Crippen LogP contribution in [0.25, 0.3) is 0 Å². The molecule has 1 heterocycles. The molecule has 0 N–H and O–H groups in total. The first-order chi connectivity index (χ1) is 15.1. The van der Waals surface area contributed by atoms with Crippen LogP contribution in [0.4, 0.5) is 5.69 Å². The largest absolute Gasteiger partial charge is 0.497 e. The average molecular weight is 437 g/mol. The number of sulfonamides is 1. The Bertz CT molecular complexity index is 1090. The second-order valence-corrected chi connectivity index (χ2v) is 9.65. The van der Waals surface area contributed by atoms with Gasteiger partial charge < -0.3 is 4.74 Å². The third-order valence-electron chi connectivity index (χ3n) is 5.67. The molecule has 3 aromatic rings. The summed E-state index contributed by atoms with van der Waals surface area (Å²) in [5.74, 6) is 0.641. The van der Waals surface area contributed by atoms with E-state index >= 15 is 0 Å². The van der Waals surface area contributed by atoms with E-state index in [0.717, 1.165) is 25.9 Å². The molecular formula is C25H28N2O3S. The molecule has 1 fully saturated rings. The second-order valence-electron chi connectivity index (χ2n) is 7.83. The highest BCUT2D eigenvalue weighted by atomic mass is 32.2. The van der Waals surface area contributed by atoms with E-state index < -0.39 is 10.0 Å². The molecule has 1 aliphatic heterocycles. The lowest BCUT2D eigenvalue weighted by Gasteiger charge is -2.40. The summed E-state index contributed by atoms with van der Waals surface area (Å²) < 4.78 is 34.5. The van der Waals surface area contributed by atoms with Crippen molar-refractivity contribution in [2.45, 2.75) is 30.3 Å². The number of rotatable bonds is 7. The van der Waals surface area contributed by atoms with Crippen molar-refractivity contribution in [2.75, 3.05) is 24.5 Å². The molecule has 1 unspecified atom stereocenters. The molecule has 6 heteroatoms. The van der Waals surface area contributed by atoms with Gasteiger partial charge in [0.25, 0.3) is 10.0 Å². The van der Waals surface area contributed by atoms with E-state index in [0.29, 0.717) is 22.9 Å². The number of nitrogens with zero attached hydrogens (tertiary/aromatic N) is 2. The molecule has 31 heavy (non-hydrogen) atoms. The molecule has 4 rings (SSSR count). The van der Waals surface area contributed by atoms with Gasteiger partial charge >= 0.3 is 0 Å². The predicted octanol–water partition coefficient (Wildman–Crippen LogP) is 4.56. The zero-order valence-corrected chi connectivity index (χ0v) is 18.5. The number of ether oxygens (including phenoxy) is 1. The average Bonchev–Trinajstić information content (AvgIpc) is 2.81. The number of anilines is 1. The maximum absolute atomic E-state index is 13.8. The second kappa shape index (κ2) is 9.54. The Labute approximate surface area is 184 Å². The first-order valence-corrected chi connectivity index (χ1v) is 12.0. The molecule has 1 atom stereocenters. The Morgan fingerprint density at radius 3 is 2.39 bits per heavy atom. The van der Waals surface area contributed by atoms with Crippen molar-refractivity contribution in [2.24, 2.45) is 0 Å². The molecule has 0 bridgehead atoms. The molecule has 162 valence electrons. The van der Waals surface area contributed by atoms with Crippen LogP contribution in [0.5, 0.6) is 5.75 Å². The highest BCUT2D eigenvalue weighted by Crippen LogP contribution is 2.32. The molecule has 0 spiro atoms. The molecule has 1 aliphatic rings. The van der Waals surface area contributed by atoms with Crippen molar-refractivity contribution in [3.05, 3.63) is 90.5 Å². The van der Waals surface area contributed by atoms with Crippen LogP contribution in [0.3, 0.4) is 0 Å². The molecule has 1 saturated heterocycles. The number of hydrogen-bond donors (Lipinski definition) is 0. The van der Waals surface area contributed by atoms with Crippen LogP contribution in [-0.4, -0.2) is 39.6 Å². The Morgan fingerprint density at radius 1 is 0.968 bits per heavy atom. The summed E-state index contributed by atoms with van der Waals surface area (Å²) in [5, 5.41) is 0. The highest BCUT2D eigenvalue weighted by Gasteiger charge is 2.34. The fraction of sp³-hybridized carbons (Fsp3) is 0.280. The van der Waals surface area contributed by atoms with Crippen LogP contribution >= 0.6 is 0 Å². The van der Waals surface area contributed by atoms with Gasteiger partial charge in [-0.2, -0.15) is 0 Å². The first kappa shape index (κ1) is 21.4. The number of methoxy groups -OCH3 is 1. The summed E-state index contributed by atoms with van der Waals surface area (Å²) >= 11 is 0. The standard InChI is InChI=1S/C25H28N2O3S/c1-30-24-14-8-12-22(18-24)27(31(28,29)25-15-6-3-7-16-25)23-13-9-17-26(20-23)19-21-10-4-2-5-11-21/h2-8,10-12,14-16,18,23H,9,13,17,19-20H2,1H3. The van der Waals surface area contributed by atoms with Crippen molar-refractivity contribution in [1.29, 1.82) is 0 Å². The van der Waals surface area contributed by atoms with Gasteiger partial charge in [-0.15, -0.1) is 0 Å². The zero-order valence-electron chi connectivity index (χ0n) is 17.7. The fourth-order valence-corrected chi connectivity index (χ4v) is 5.89. The van der Waals surface area contributed by atoms with Crippen LogP contribution < -0.4 is 9.04 Å². The van der Waals surface area contributed by atoms with E-state index in [1.807, 2.05) is 42.5 Å². The summed E-state index contributed by atoms with van der Waals surface area (Å²) in [6.07, 6.45) is 1.76. The van der Waals surface area contributed by atoms with Gasteiger partial charge in [-0.25, -0.2) is 8.42 Å². The Morgan fingerprint density at radius 2 is 1.68 bits per heavy atom. The Balaban J connectivity index is 1.68. The topological polar surface area (TPSA) is 49.9 Å². The third-order valence-corrected chi connectivity index (χ3v) is 7.56. The Kier molecular flexibility index (Phi) is 6.59. The quantitative estimate of drug-likeness (QED) is 0.545. The number of likely N-dealkylation sites (tertiary alicyclic amines) is 1. The van der Waals surface area contributed by atoms with E-state index in [4.69, 9.17) is 4.74 Å². The van der Waals surface area contributed by atoms with Crippen molar-refractivity contribution < 1.29 is 13.2 Å². The Hall–Kier alpha value is -2.83. The van der Waals surface area contributed by atoms with Gasteiger partial charge in [-0.1, -0.05) is 54.6 Å². The lowest BCUT2D eigenvalue weighted by molar-refractivity contribution is 0.202. The van der Waals surface area contributed by atoms with E-state index in [2.05, 4.69) is 17.0 Å². The number of benzene rings is 3. The van der Waals surface area contributed by atoms with Crippen molar-refractivity contribution in [1.82, 2.24) is 4.90 Å². The maximum atomic E-state index is 13.8. The zero-order chi connectivity index (χ0) is 21.7. The van der Waals surface area contributed by atoms with Crippen LogP contribution in [-0.2, 0) is 16.6 Å². The summed E-state index contributed by atoms with van der Waals surface area (Å²) in [7, 11) is -2.13. The number of piperidine rings is 1. The smallest absolute Gasteiger partial charge is 0.264 e. The van der Waals surface area contributed by atoms with E-state index in [9.17, 15) is 8.42 Å². The van der Waals surface area contributed by atoms with Crippen molar-refractivity contribution in [3.63, 3.8) is 0 Å². The van der Waals surface area contributed by atoms with Gasteiger partial charge in [0.2, 0.25) is 0 Å². The van der Waals surface area contributed by atoms with Crippen LogP contribution in [0.15, 0.2) is 89.8 Å². The van der Waals surface area contributed by atoms with Gasteiger partial charge in [0.15, 0.2) is 0 Å². The number of hydrogen-bond acceptors (Lipinski definition) is 4. The highest BCUT2D eigenvalue weighted by molar-refractivity contribution is 7.92. The minimum absolute atomic E-state index is 0.158. The van der Waals surface area contributed by atoms with Gasteiger partial charge in [0.05, 0.1) is 23.7 Å². The molecule has 0 aromatic heterocycles. The van der Waals surface area contributed by atoms with Gasteiger partial charge in [-0.3, -0.25) is 9.21 Å². The minimum Gasteiger partial charge on any atom is -0.497 e. The molecule has 0 amide bonds. The summed E-state index contributed by atoms with van der Waals surface area (Å²) in [6, 6.07) is 26.2. The fourth-order valence-electron chi connectivity index (χ4n) is 4.21. The molecular weight excluding hydrogens is 408 g/mol. The molecule has 0 radical (unpaired) electrons. The van der Waals surface area contributed by atoms with Crippen LogP contribution in [0, 0.1) is 0 Å². The minimum atomic E-state index is -3.72. The van der Waals surface area contributed by atoms with Crippen LogP contribution in [0.2, 0.25) is 0 Å². The SMILES string of the molecule is COc1cccc(N(C2CCCN(Cc3ccccc3)C2)S(=O)(=O)c2ccccc2)c1. The van der Waals surface area contributed by atoms with E-state index in [1.165, 1.54) is 5.56 Å². The first-order valence-electron chi connectivity index (χ1n) is 10.6. The van der Waals surface area contributed by atoms with E-state index in [-0.39, 0.29) is 6.04 Å². The molecule has 0 saturated carbocycles. The summed E-state index contributed by atoms with van der Waals surface area (Å²) in [5.41, 5.74) is 1.87. The lowest BCUT2D eigenvalue weighted by atomic mass is 10.0. The monoisotopic (exact) mass is 436 g/mol. The maximum Gasteiger partial charge on any atom is 0.264 e. The predicted molar refractivity (Wildman–Crippen MR) is 124 cm³/mol. The molecule has 0 aliphatic carbocycles. The van der Waals surface area contributed by atoms with Gasteiger partial charge in [0.1, 0.15) is 5.75 Å². The van der Waals surface area contributed by atoms with Gasteiger partial charge in [-0.05, 0) is 49.2 Å². The van der Waals surface area contributed by atoms with E-state index in [1.54, 1.807) is 41.7 Å².